The summed E-state index contributed by atoms with van der Waals surface area (Å²) in [5, 5.41) is 6.16. The molecule has 122 valence electrons. The summed E-state index contributed by atoms with van der Waals surface area (Å²) in [6, 6.07) is -0.118. The Labute approximate surface area is 141 Å². The third-order valence-electron chi connectivity index (χ3n) is 3.52. The number of halogens is 2. The first-order valence-corrected chi connectivity index (χ1v) is 8.45. The zero-order chi connectivity index (χ0) is 16.4. The molecular weight excluding hydrogens is 339 g/mol. The number of hydrogen-bond acceptors (Lipinski definition) is 6. The first-order valence-electron chi connectivity index (χ1n) is 7.19. The second-order valence-corrected chi connectivity index (χ2v) is 6.45. The molecule has 0 spiro atoms. The van der Waals surface area contributed by atoms with Gasteiger partial charge in [-0.15, -0.1) is 11.3 Å². The largest absolute Gasteiger partial charge is 0.363 e. The van der Waals surface area contributed by atoms with Crippen LogP contribution in [0.25, 0.3) is 11.0 Å². The minimum absolute atomic E-state index is 0.0479. The van der Waals surface area contributed by atoms with E-state index in [2.05, 4.69) is 25.3 Å². The summed E-state index contributed by atoms with van der Waals surface area (Å²) in [4.78, 5) is 15.3. The van der Waals surface area contributed by atoms with Gasteiger partial charge in [-0.1, -0.05) is 6.92 Å². The summed E-state index contributed by atoms with van der Waals surface area (Å²) < 4.78 is 14.7. The average Bonchev–Trinajstić information content (AvgIpc) is 3.14. The lowest BCUT2D eigenvalue weighted by molar-refractivity contribution is 0.581. The molecule has 0 saturated heterocycles. The highest BCUT2D eigenvalue weighted by molar-refractivity contribution is 7.09. The van der Waals surface area contributed by atoms with Crippen molar-refractivity contribution in [2.75, 3.05) is 5.32 Å². The van der Waals surface area contributed by atoms with Crippen LogP contribution in [0.3, 0.4) is 0 Å². The van der Waals surface area contributed by atoms with Gasteiger partial charge in [0, 0.05) is 24.0 Å². The molecule has 23 heavy (non-hydrogen) atoms. The molecular formula is C14H16ClFN6S. The van der Waals surface area contributed by atoms with Crippen LogP contribution in [0.15, 0.2) is 11.6 Å². The van der Waals surface area contributed by atoms with E-state index in [1.807, 2.05) is 12.3 Å². The van der Waals surface area contributed by atoms with Gasteiger partial charge < -0.3 is 16.0 Å². The van der Waals surface area contributed by atoms with Crippen molar-refractivity contribution in [1.82, 2.24) is 19.9 Å². The van der Waals surface area contributed by atoms with Gasteiger partial charge in [0.2, 0.25) is 5.28 Å². The van der Waals surface area contributed by atoms with Gasteiger partial charge in [0.25, 0.3) is 0 Å². The van der Waals surface area contributed by atoms with E-state index < -0.39 is 0 Å². The van der Waals surface area contributed by atoms with E-state index in [1.165, 1.54) is 11.3 Å². The number of thiazole rings is 1. The van der Waals surface area contributed by atoms with Crippen LogP contribution < -0.4 is 11.1 Å². The molecule has 9 heteroatoms. The fourth-order valence-corrected chi connectivity index (χ4v) is 2.98. The zero-order valence-corrected chi connectivity index (χ0v) is 14.0. The van der Waals surface area contributed by atoms with Crippen LogP contribution in [0.1, 0.15) is 24.0 Å². The Morgan fingerprint density at radius 2 is 2.30 bits per heavy atom. The van der Waals surface area contributed by atoms with Crippen molar-refractivity contribution in [2.24, 2.45) is 5.73 Å². The van der Waals surface area contributed by atoms with Gasteiger partial charge in [-0.2, -0.15) is 9.97 Å². The number of nitrogens with one attached hydrogen (secondary N) is 2. The lowest BCUT2D eigenvalue weighted by Crippen LogP contribution is -2.22. The second-order valence-electron chi connectivity index (χ2n) is 5.13. The van der Waals surface area contributed by atoms with Crippen molar-refractivity contribution < 1.29 is 4.39 Å². The number of anilines is 1. The van der Waals surface area contributed by atoms with Gasteiger partial charge in [0.15, 0.2) is 5.82 Å². The summed E-state index contributed by atoms with van der Waals surface area (Å²) in [5.41, 5.74) is 6.70. The lowest BCUT2D eigenvalue weighted by atomic mass is 10.1. The Morgan fingerprint density at radius 3 is 3.00 bits per heavy atom. The molecule has 3 aromatic heterocycles. The number of aromatic amines is 1. The van der Waals surface area contributed by atoms with Gasteiger partial charge in [-0.05, 0) is 18.0 Å². The molecule has 0 aromatic carbocycles. The molecule has 0 saturated carbocycles. The maximum Gasteiger partial charge on any atom is 0.226 e. The number of hydrogen-bond donors (Lipinski definition) is 3. The molecule has 0 radical (unpaired) electrons. The summed E-state index contributed by atoms with van der Waals surface area (Å²) in [7, 11) is 0. The summed E-state index contributed by atoms with van der Waals surface area (Å²) >= 11 is 7.44. The van der Waals surface area contributed by atoms with E-state index in [-0.39, 0.29) is 17.1 Å². The van der Waals surface area contributed by atoms with Crippen LogP contribution in [0, 0.1) is 5.82 Å². The van der Waals surface area contributed by atoms with E-state index in [4.69, 9.17) is 17.3 Å². The molecule has 0 bridgehead atoms. The number of nitrogens with two attached hydrogens (primary N) is 1. The number of H-pyrrole nitrogens is 1. The number of aromatic nitrogens is 4. The van der Waals surface area contributed by atoms with Crippen LogP contribution in [-0.2, 0) is 13.0 Å². The molecule has 0 unspecified atom stereocenters. The molecule has 6 nitrogen and oxygen atoms in total. The van der Waals surface area contributed by atoms with E-state index >= 15 is 0 Å². The summed E-state index contributed by atoms with van der Waals surface area (Å²) in [6.07, 6.45) is 2.88. The van der Waals surface area contributed by atoms with E-state index in [0.29, 0.717) is 35.5 Å². The van der Waals surface area contributed by atoms with Crippen LogP contribution in [0.2, 0.25) is 5.28 Å². The highest BCUT2D eigenvalue weighted by atomic mass is 35.5. The second kappa shape index (κ2) is 6.77. The van der Waals surface area contributed by atoms with Gasteiger partial charge in [0.05, 0.1) is 17.6 Å². The maximum absolute atomic E-state index is 14.7. The molecule has 4 N–H and O–H groups in total. The highest BCUT2D eigenvalue weighted by Crippen LogP contribution is 2.28. The van der Waals surface area contributed by atoms with Crippen LogP contribution >= 0.6 is 22.9 Å². The average molecular weight is 355 g/mol. The number of fused-ring (bicyclic) bond motifs is 1. The first kappa shape index (κ1) is 16.1. The molecule has 0 aliphatic heterocycles. The first-order chi connectivity index (χ1) is 11.1. The number of rotatable bonds is 6. The fourth-order valence-electron chi connectivity index (χ4n) is 2.26. The van der Waals surface area contributed by atoms with E-state index in [0.717, 1.165) is 11.4 Å². The minimum Gasteiger partial charge on any atom is -0.363 e. The number of nitrogens with zero attached hydrogens (tertiary/aromatic N) is 3. The lowest BCUT2D eigenvalue weighted by Gasteiger charge is -2.06. The van der Waals surface area contributed by atoms with Crippen molar-refractivity contribution in [3.05, 3.63) is 33.4 Å². The Morgan fingerprint density at radius 1 is 1.48 bits per heavy atom. The van der Waals surface area contributed by atoms with E-state index in [9.17, 15) is 4.39 Å². The summed E-state index contributed by atoms with van der Waals surface area (Å²) in [6.45, 7) is 2.40. The molecule has 3 aromatic rings. The van der Waals surface area contributed by atoms with Crippen molar-refractivity contribution in [2.45, 2.75) is 32.4 Å². The fraction of sp³-hybridized carbons (Fsp3) is 0.357. The normalized spacial score (nSPS) is 12.7. The molecule has 0 amide bonds. The monoisotopic (exact) mass is 354 g/mol. The predicted octanol–water partition coefficient (Wildman–Crippen LogP) is 3.10. The SMILES string of the molecule is CC[C@H](N)Cc1[nH]c2nc(Cl)nc(NCc3nccs3)c2c1F. The third kappa shape index (κ3) is 3.44. The Bertz CT molecular complexity index is 803. The van der Waals surface area contributed by atoms with Crippen molar-refractivity contribution in [1.29, 1.82) is 0 Å². The predicted molar refractivity (Wildman–Crippen MR) is 90.3 cm³/mol. The Kier molecular flexibility index (Phi) is 4.74. The maximum atomic E-state index is 14.7. The molecule has 1 atom stereocenters. The van der Waals surface area contributed by atoms with Crippen molar-refractivity contribution in [3.8, 4) is 0 Å². The molecule has 0 fully saturated rings. The van der Waals surface area contributed by atoms with Gasteiger partial charge in [-0.25, -0.2) is 9.37 Å². The smallest absolute Gasteiger partial charge is 0.226 e. The highest BCUT2D eigenvalue weighted by Gasteiger charge is 2.19. The topological polar surface area (TPSA) is 92.5 Å². The molecule has 3 heterocycles. The Balaban J connectivity index is 1.96. The zero-order valence-electron chi connectivity index (χ0n) is 12.4. The quantitative estimate of drug-likeness (QED) is 0.591. The molecule has 3 rings (SSSR count). The van der Waals surface area contributed by atoms with Gasteiger partial charge in [-0.3, -0.25) is 0 Å². The van der Waals surface area contributed by atoms with Crippen LogP contribution in [0.4, 0.5) is 10.2 Å². The standard InChI is InChI=1S/C14H16ClFN6S/c1-2-7(17)5-8-11(16)10-12(19-6-9-18-3-4-23-9)21-14(15)22-13(10)20-8/h3-4,7H,2,5-6,17H2,1H3,(H2,19,20,21,22)/t7-/m0/s1. The van der Waals surface area contributed by atoms with Crippen LogP contribution in [0.5, 0.6) is 0 Å². The third-order valence-corrected chi connectivity index (χ3v) is 4.47. The van der Waals surface area contributed by atoms with Crippen molar-refractivity contribution >= 4 is 39.8 Å². The minimum atomic E-state index is -0.387. The molecule has 0 aliphatic rings. The van der Waals surface area contributed by atoms with Gasteiger partial charge in [0.1, 0.15) is 16.5 Å². The Hall–Kier alpha value is -1.77. The van der Waals surface area contributed by atoms with Crippen molar-refractivity contribution in [3.63, 3.8) is 0 Å². The van der Waals surface area contributed by atoms with E-state index in [1.54, 1.807) is 6.20 Å². The molecule has 0 aliphatic carbocycles. The van der Waals surface area contributed by atoms with Gasteiger partial charge >= 0.3 is 0 Å². The summed E-state index contributed by atoms with van der Waals surface area (Å²) in [5.74, 6) is -0.0394. The van der Waals surface area contributed by atoms with Crippen LogP contribution in [-0.4, -0.2) is 26.0 Å².